The van der Waals surface area contributed by atoms with Gasteiger partial charge in [-0.05, 0) is 67.0 Å². The molecule has 190 valence electrons. The summed E-state index contributed by atoms with van der Waals surface area (Å²) in [5.74, 6) is -0.108. The Morgan fingerprint density at radius 3 is 2.64 bits per heavy atom. The van der Waals surface area contributed by atoms with Gasteiger partial charge in [-0.3, -0.25) is 9.79 Å². The number of sulfonamides is 1. The second-order valence-electron chi connectivity index (χ2n) is 9.06. The Labute approximate surface area is 211 Å². The van der Waals surface area contributed by atoms with Crippen molar-refractivity contribution in [2.45, 2.75) is 30.6 Å². The number of carboxylic acid groups (broad SMARTS) is 1. The predicted molar refractivity (Wildman–Crippen MR) is 133 cm³/mol. The van der Waals surface area contributed by atoms with Crippen molar-refractivity contribution in [1.82, 2.24) is 4.31 Å². The molecule has 0 spiro atoms. The molecule has 36 heavy (non-hydrogen) atoms. The Morgan fingerprint density at radius 1 is 1.19 bits per heavy atom. The summed E-state index contributed by atoms with van der Waals surface area (Å²) in [6.45, 7) is 0.997. The lowest BCUT2D eigenvalue weighted by Crippen LogP contribution is -2.45. The Kier molecular flexibility index (Phi) is 7.62. The van der Waals surface area contributed by atoms with E-state index in [0.717, 1.165) is 23.3 Å². The summed E-state index contributed by atoms with van der Waals surface area (Å²) < 4.78 is 39.1. The molecular weight excluding hydrogens is 482 g/mol. The van der Waals surface area contributed by atoms with Crippen molar-refractivity contribution in [2.75, 3.05) is 33.9 Å². The molecule has 0 aliphatic carbocycles. The van der Waals surface area contributed by atoms with Gasteiger partial charge < -0.3 is 14.6 Å². The largest absolute Gasteiger partial charge is 0.493 e. The van der Waals surface area contributed by atoms with E-state index in [1.54, 1.807) is 26.4 Å². The summed E-state index contributed by atoms with van der Waals surface area (Å²) in [4.78, 5) is 16.4. The van der Waals surface area contributed by atoms with Crippen molar-refractivity contribution in [3.8, 4) is 17.6 Å². The van der Waals surface area contributed by atoms with Crippen LogP contribution in [0.3, 0.4) is 0 Å². The number of fused-ring (bicyclic) bond motifs is 1. The van der Waals surface area contributed by atoms with E-state index in [1.807, 2.05) is 18.2 Å². The van der Waals surface area contributed by atoms with Gasteiger partial charge in [-0.15, -0.1) is 0 Å². The number of rotatable bonds is 8. The number of nitriles is 1. The van der Waals surface area contributed by atoms with E-state index in [1.165, 1.54) is 16.4 Å². The molecule has 1 N–H and O–H groups in total. The summed E-state index contributed by atoms with van der Waals surface area (Å²) in [7, 11) is -0.689. The van der Waals surface area contributed by atoms with Crippen molar-refractivity contribution >= 4 is 21.7 Å². The van der Waals surface area contributed by atoms with Crippen LogP contribution < -0.4 is 9.47 Å². The number of piperidine rings is 1. The highest BCUT2D eigenvalue weighted by molar-refractivity contribution is 7.89. The molecule has 2 atom stereocenters. The number of methoxy groups -OCH3 is 2. The Morgan fingerprint density at radius 2 is 1.94 bits per heavy atom. The standard InChI is InChI=1S/C26H29N3O6S/c1-34-24-12-19-6-8-28-23(22(19)14-25(24)35-2)11-20-16-29(9-7-18(20)13-26(30)31)36(32,33)21-5-3-4-17(10-21)15-27/h3-5,10,12,14,18,20H,6-9,11,13,16H2,1-2H3,(H,30,31). The summed E-state index contributed by atoms with van der Waals surface area (Å²) in [5.41, 5.74) is 3.09. The highest BCUT2D eigenvalue weighted by Gasteiger charge is 2.37. The van der Waals surface area contributed by atoms with Crippen molar-refractivity contribution in [2.24, 2.45) is 16.8 Å². The van der Waals surface area contributed by atoms with Crippen LogP contribution in [0.15, 0.2) is 46.3 Å². The number of carboxylic acids is 1. The lowest BCUT2D eigenvalue weighted by atomic mass is 9.79. The van der Waals surface area contributed by atoms with Crippen molar-refractivity contribution < 1.29 is 27.8 Å². The number of benzene rings is 2. The van der Waals surface area contributed by atoms with E-state index in [9.17, 15) is 23.6 Å². The summed E-state index contributed by atoms with van der Waals surface area (Å²) in [5, 5.41) is 18.7. The fourth-order valence-electron chi connectivity index (χ4n) is 5.08. The fraction of sp³-hybridized carbons (Fsp3) is 0.423. The minimum Gasteiger partial charge on any atom is -0.493 e. The van der Waals surface area contributed by atoms with E-state index < -0.39 is 16.0 Å². The highest BCUT2D eigenvalue weighted by Crippen LogP contribution is 2.37. The van der Waals surface area contributed by atoms with Crippen molar-refractivity contribution in [3.63, 3.8) is 0 Å². The third-order valence-electron chi connectivity index (χ3n) is 6.95. The molecule has 2 aliphatic heterocycles. The first-order valence-corrected chi connectivity index (χ1v) is 13.2. The minimum absolute atomic E-state index is 0.0332. The van der Waals surface area contributed by atoms with Gasteiger partial charge >= 0.3 is 5.97 Å². The zero-order valence-electron chi connectivity index (χ0n) is 20.3. The average Bonchev–Trinajstić information content (AvgIpc) is 2.88. The quantitative estimate of drug-likeness (QED) is 0.576. The molecule has 0 radical (unpaired) electrons. The van der Waals surface area contributed by atoms with Gasteiger partial charge in [-0.25, -0.2) is 8.42 Å². The van der Waals surface area contributed by atoms with Gasteiger partial charge in [-0.1, -0.05) is 6.07 Å². The van der Waals surface area contributed by atoms with Gasteiger partial charge in [0.2, 0.25) is 10.0 Å². The molecule has 2 aromatic carbocycles. The number of aliphatic carboxylic acids is 1. The van der Waals surface area contributed by atoms with Crippen LogP contribution in [-0.2, 0) is 21.2 Å². The number of hydrogen-bond donors (Lipinski definition) is 1. The first kappa shape index (κ1) is 25.7. The minimum atomic E-state index is -3.84. The zero-order chi connectivity index (χ0) is 25.9. The molecule has 2 aliphatic rings. The maximum atomic E-state index is 13.4. The Hall–Kier alpha value is -3.42. The van der Waals surface area contributed by atoms with Gasteiger partial charge in [0.15, 0.2) is 11.5 Å². The predicted octanol–water partition coefficient (Wildman–Crippen LogP) is 3.11. The molecule has 0 saturated carbocycles. The number of carbonyl (C=O) groups is 1. The van der Waals surface area contributed by atoms with Crippen LogP contribution in [0.4, 0.5) is 0 Å². The van der Waals surface area contributed by atoms with Crippen LogP contribution in [0.25, 0.3) is 0 Å². The first-order valence-electron chi connectivity index (χ1n) is 11.8. The smallest absolute Gasteiger partial charge is 0.303 e. The third-order valence-corrected chi connectivity index (χ3v) is 8.81. The molecule has 1 fully saturated rings. The highest BCUT2D eigenvalue weighted by atomic mass is 32.2. The zero-order valence-corrected chi connectivity index (χ0v) is 21.1. The van der Waals surface area contributed by atoms with Gasteiger partial charge in [0.05, 0.1) is 30.7 Å². The van der Waals surface area contributed by atoms with Crippen molar-refractivity contribution in [1.29, 1.82) is 5.26 Å². The number of hydrogen-bond acceptors (Lipinski definition) is 7. The number of nitrogens with zero attached hydrogens (tertiary/aromatic N) is 3. The molecule has 0 amide bonds. The topological polar surface area (TPSA) is 129 Å². The molecule has 0 bridgehead atoms. The third kappa shape index (κ3) is 5.22. The Balaban J connectivity index is 1.64. The normalized spacial score (nSPS) is 20.1. The SMILES string of the molecule is COc1cc2c(cc1OC)C(CC1CN(S(=O)(=O)c3cccc(C#N)c3)CCC1CC(=O)O)=NCC2. The van der Waals surface area contributed by atoms with Gasteiger partial charge in [0.25, 0.3) is 0 Å². The van der Waals surface area contributed by atoms with E-state index in [4.69, 9.17) is 14.5 Å². The molecule has 2 unspecified atom stereocenters. The van der Waals surface area contributed by atoms with E-state index in [0.29, 0.717) is 30.9 Å². The second kappa shape index (κ2) is 10.7. The van der Waals surface area contributed by atoms with Gasteiger partial charge in [0.1, 0.15) is 0 Å². The molecule has 10 heteroatoms. The lowest BCUT2D eigenvalue weighted by molar-refractivity contribution is -0.138. The Bertz CT molecular complexity index is 1330. The van der Waals surface area contributed by atoms with E-state index >= 15 is 0 Å². The summed E-state index contributed by atoms with van der Waals surface area (Å²) in [6, 6.07) is 11.8. The van der Waals surface area contributed by atoms with Gasteiger partial charge in [0, 0.05) is 37.3 Å². The molecule has 9 nitrogen and oxygen atoms in total. The second-order valence-corrected chi connectivity index (χ2v) is 11.0. The fourth-order valence-corrected chi connectivity index (χ4v) is 6.64. The maximum Gasteiger partial charge on any atom is 0.303 e. The van der Waals surface area contributed by atoms with E-state index in [-0.39, 0.29) is 41.8 Å². The molecule has 0 aromatic heterocycles. The monoisotopic (exact) mass is 511 g/mol. The maximum absolute atomic E-state index is 13.4. The van der Waals surface area contributed by atoms with Crippen LogP contribution in [0.5, 0.6) is 11.5 Å². The van der Waals surface area contributed by atoms with Crippen LogP contribution in [-0.4, -0.2) is 63.4 Å². The van der Waals surface area contributed by atoms with Crippen molar-refractivity contribution in [3.05, 3.63) is 53.1 Å². The molecule has 2 heterocycles. The molecule has 1 saturated heterocycles. The lowest BCUT2D eigenvalue weighted by Gasteiger charge is -2.38. The average molecular weight is 512 g/mol. The van der Waals surface area contributed by atoms with Gasteiger partial charge in [-0.2, -0.15) is 9.57 Å². The molecule has 4 rings (SSSR count). The van der Waals surface area contributed by atoms with Crippen LogP contribution in [0.1, 0.15) is 36.0 Å². The number of ether oxygens (including phenoxy) is 2. The summed E-state index contributed by atoms with van der Waals surface area (Å²) in [6.07, 6.45) is 1.59. The molecule has 2 aromatic rings. The van der Waals surface area contributed by atoms with E-state index in [2.05, 4.69) is 0 Å². The van der Waals surface area contributed by atoms with Crippen LogP contribution in [0, 0.1) is 23.2 Å². The van der Waals surface area contributed by atoms with Crippen LogP contribution >= 0.6 is 0 Å². The number of aliphatic imine (C=N–C) groups is 1. The van der Waals surface area contributed by atoms with Crippen LogP contribution in [0.2, 0.25) is 0 Å². The summed E-state index contributed by atoms with van der Waals surface area (Å²) >= 11 is 0. The first-order chi connectivity index (χ1) is 17.3. The molecular formula is C26H29N3O6S.